The molecule has 3 aliphatic rings. The minimum atomic E-state index is -0.631. The molecule has 6 heterocycles. The Bertz CT molecular complexity index is 1880. The third-order valence-corrected chi connectivity index (χ3v) is 10.5. The van der Waals surface area contributed by atoms with Crippen molar-refractivity contribution in [3.05, 3.63) is 59.7 Å². The van der Waals surface area contributed by atoms with E-state index in [4.69, 9.17) is 19.8 Å². The summed E-state index contributed by atoms with van der Waals surface area (Å²) in [5, 5.41) is 11.8. The molecule has 1 unspecified atom stereocenters. The molecular weight excluding hydrogens is 651 g/mol. The first-order valence-electron chi connectivity index (χ1n) is 18.0. The molecule has 270 valence electrons. The molecule has 1 aromatic carbocycles. The van der Waals surface area contributed by atoms with E-state index in [1.54, 1.807) is 19.4 Å². The number of anilines is 4. The average molecular weight is 699 g/mol. The van der Waals surface area contributed by atoms with Gasteiger partial charge in [0.05, 0.1) is 22.9 Å². The zero-order valence-electron chi connectivity index (χ0n) is 29.8. The van der Waals surface area contributed by atoms with Crippen LogP contribution in [-0.2, 0) is 20.9 Å². The number of halogens is 1. The summed E-state index contributed by atoms with van der Waals surface area (Å²) in [6.45, 7) is 8.27. The van der Waals surface area contributed by atoms with Crippen molar-refractivity contribution in [3.8, 4) is 0 Å². The first-order valence-corrected chi connectivity index (χ1v) is 18.0. The fourth-order valence-electron chi connectivity index (χ4n) is 7.58. The van der Waals surface area contributed by atoms with Crippen LogP contribution in [0.2, 0.25) is 0 Å². The Morgan fingerprint density at radius 2 is 1.76 bits per heavy atom. The normalized spacial score (nSPS) is 19.4. The fourth-order valence-corrected chi connectivity index (χ4v) is 7.58. The van der Waals surface area contributed by atoms with E-state index in [0.717, 1.165) is 74.1 Å². The molecular formula is C37H47FN10O3. The van der Waals surface area contributed by atoms with Gasteiger partial charge in [0.25, 0.3) is 0 Å². The molecule has 7 rings (SSSR count). The number of nitrogens with zero attached hydrogens (tertiary/aromatic N) is 8. The van der Waals surface area contributed by atoms with Gasteiger partial charge in [-0.15, -0.1) is 0 Å². The number of amides is 2. The van der Waals surface area contributed by atoms with Crippen LogP contribution >= 0.6 is 0 Å². The zero-order valence-corrected chi connectivity index (χ0v) is 29.8. The molecule has 14 heteroatoms. The van der Waals surface area contributed by atoms with Crippen LogP contribution in [0, 0.1) is 5.82 Å². The van der Waals surface area contributed by atoms with E-state index in [9.17, 15) is 9.59 Å². The number of benzene rings is 1. The van der Waals surface area contributed by atoms with Crippen molar-refractivity contribution in [3.63, 3.8) is 0 Å². The molecule has 1 atom stereocenters. The van der Waals surface area contributed by atoms with Crippen LogP contribution in [0.25, 0.3) is 10.9 Å². The number of aromatic nitrogens is 5. The van der Waals surface area contributed by atoms with Crippen LogP contribution in [-0.4, -0.2) is 93.9 Å². The monoisotopic (exact) mass is 698 g/mol. The second kappa shape index (κ2) is 14.9. The van der Waals surface area contributed by atoms with E-state index in [2.05, 4.69) is 55.9 Å². The van der Waals surface area contributed by atoms with Crippen LogP contribution in [0.15, 0.2) is 42.7 Å². The van der Waals surface area contributed by atoms with Crippen molar-refractivity contribution >= 4 is 46.1 Å². The quantitative estimate of drug-likeness (QED) is 0.219. The smallest absolute Gasteiger partial charge is 0.234 e. The van der Waals surface area contributed by atoms with Gasteiger partial charge in [0.15, 0.2) is 5.82 Å². The summed E-state index contributed by atoms with van der Waals surface area (Å²) in [4.78, 5) is 44.7. The number of ether oxygens (including phenoxy) is 1. The summed E-state index contributed by atoms with van der Waals surface area (Å²) in [7, 11) is 3.85. The standard InChI is InChI=1S/C37H47FN10O3/c1-23(2)48-31-20-33(41-32-9-14-39-37(42-32)47-17-12-26(51-4)13-18-47)40-21-29(31)35(44-48)46-15-10-25(11-16-46)45(3)22-24-5-6-27(30(38)19-24)28-7-8-34(49)43-36(28)50/h5-6,9,14,19-21,23,25-26,28H,7-8,10-13,15-18,22H2,1-4H3,(H,43,49,50)(H,39,40,41,42). The number of carbonyl (C=O) groups is 2. The molecule has 0 bridgehead atoms. The minimum Gasteiger partial charge on any atom is -0.381 e. The third-order valence-electron chi connectivity index (χ3n) is 10.5. The topological polar surface area (TPSA) is 134 Å². The molecule has 3 aliphatic heterocycles. The third kappa shape index (κ3) is 7.52. The van der Waals surface area contributed by atoms with Crippen LogP contribution < -0.4 is 20.4 Å². The zero-order chi connectivity index (χ0) is 35.6. The molecule has 0 spiro atoms. The molecule has 51 heavy (non-hydrogen) atoms. The summed E-state index contributed by atoms with van der Waals surface area (Å²) >= 11 is 0. The number of hydrogen-bond donors (Lipinski definition) is 2. The highest BCUT2D eigenvalue weighted by Gasteiger charge is 2.31. The van der Waals surface area contributed by atoms with E-state index in [0.29, 0.717) is 48.3 Å². The van der Waals surface area contributed by atoms with Crippen molar-refractivity contribution in [2.24, 2.45) is 0 Å². The average Bonchev–Trinajstić information content (AvgIpc) is 3.52. The fraction of sp³-hybridized carbons (Fsp3) is 0.514. The van der Waals surface area contributed by atoms with Gasteiger partial charge in [0, 0.05) is 82.4 Å². The van der Waals surface area contributed by atoms with Gasteiger partial charge < -0.3 is 19.9 Å². The highest BCUT2D eigenvalue weighted by molar-refractivity contribution is 6.01. The number of fused-ring (bicyclic) bond motifs is 1. The van der Waals surface area contributed by atoms with E-state index in [1.807, 2.05) is 24.4 Å². The minimum absolute atomic E-state index is 0.155. The highest BCUT2D eigenvalue weighted by Crippen LogP contribution is 2.33. The second-order valence-corrected chi connectivity index (χ2v) is 14.2. The molecule has 4 aromatic rings. The SMILES string of the molecule is COC1CCN(c2nccc(Nc3cc4c(cn3)c(N3CCC(N(C)Cc5ccc(C6CCC(=O)NC6=O)c(F)c5)CC3)nn4C(C)C)n2)CC1. The van der Waals surface area contributed by atoms with Crippen molar-refractivity contribution in [1.82, 2.24) is 34.9 Å². The maximum Gasteiger partial charge on any atom is 0.234 e. The largest absolute Gasteiger partial charge is 0.381 e. The summed E-state index contributed by atoms with van der Waals surface area (Å²) in [5.41, 5.74) is 2.22. The Hall–Kier alpha value is -4.69. The lowest BCUT2D eigenvalue weighted by atomic mass is 9.89. The molecule has 13 nitrogen and oxygen atoms in total. The molecule has 3 fully saturated rings. The van der Waals surface area contributed by atoms with Gasteiger partial charge >= 0.3 is 0 Å². The van der Waals surface area contributed by atoms with Crippen molar-refractivity contribution in [2.75, 3.05) is 55.5 Å². The summed E-state index contributed by atoms with van der Waals surface area (Å²) < 4.78 is 22.7. The van der Waals surface area contributed by atoms with Crippen molar-refractivity contribution in [1.29, 1.82) is 0 Å². The molecule has 2 amide bonds. The maximum atomic E-state index is 15.1. The number of nitrogens with one attached hydrogen (secondary N) is 2. The predicted octanol–water partition coefficient (Wildman–Crippen LogP) is 4.92. The Morgan fingerprint density at radius 1 is 1.00 bits per heavy atom. The molecule has 0 radical (unpaired) electrons. The molecule has 3 saturated heterocycles. The van der Waals surface area contributed by atoms with Gasteiger partial charge in [-0.3, -0.25) is 24.5 Å². The lowest BCUT2D eigenvalue weighted by Crippen LogP contribution is -2.43. The van der Waals surface area contributed by atoms with Gasteiger partial charge in [-0.2, -0.15) is 10.1 Å². The Labute approximate surface area is 297 Å². The number of pyridine rings is 1. The van der Waals surface area contributed by atoms with Crippen LogP contribution in [0.5, 0.6) is 0 Å². The van der Waals surface area contributed by atoms with E-state index >= 15 is 4.39 Å². The van der Waals surface area contributed by atoms with E-state index in [-0.39, 0.29) is 18.4 Å². The Morgan fingerprint density at radius 3 is 2.47 bits per heavy atom. The first-order chi connectivity index (χ1) is 24.7. The lowest BCUT2D eigenvalue weighted by Gasteiger charge is -2.37. The number of imide groups is 1. The van der Waals surface area contributed by atoms with Crippen molar-refractivity contribution in [2.45, 2.75) is 83.0 Å². The molecule has 2 N–H and O–H groups in total. The number of carbonyl (C=O) groups excluding carboxylic acids is 2. The summed E-state index contributed by atoms with van der Waals surface area (Å²) in [6.07, 6.45) is 8.32. The Kier molecular flexibility index (Phi) is 10.1. The highest BCUT2D eigenvalue weighted by atomic mass is 19.1. The number of hydrogen-bond acceptors (Lipinski definition) is 11. The molecule has 0 saturated carbocycles. The number of methoxy groups -OCH3 is 1. The first kappa shape index (κ1) is 34.7. The van der Waals surface area contributed by atoms with Crippen molar-refractivity contribution < 1.29 is 18.7 Å². The summed E-state index contributed by atoms with van der Waals surface area (Å²) in [6, 6.07) is 9.51. The number of rotatable bonds is 10. The van der Waals surface area contributed by atoms with Gasteiger partial charge in [-0.25, -0.2) is 14.4 Å². The van der Waals surface area contributed by atoms with E-state index < -0.39 is 17.6 Å². The second-order valence-electron chi connectivity index (χ2n) is 14.2. The van der Waals surface area contributed by atoms with Crippen LogP contribution in [0.4, 0.5) is 27.8 Å². The van der Waals surface area contributed by atoms with Crippen LogP contribution in [0.1, 0.15) is 75.5 Å². The van der Waals surface area contributed by atoms with Gasteiger partial charge in [0.2, 0.25) is 17.8 Å². The summed E-state index contributed by atoms with van der Waals surface area (Å²) in [5.74, 6) is 1.27. The van der Waals surface area contributed by atoms with Crippen LogP contribution in [0.3, 0.4) is 0 Å². The van der Waals surface area contributed by atoms with Gasteiger partial charge in [-0.05, 0) is 70.7 Å². The lowest BCUT2D eigenvalue weighted by molar-refractivity contribution is -0.134. The van der Waals surface area contributed by atoms with Gasteiger partial charge in [0.1, 0.15) is 17.5 Å². The molecule has 0 aliphatic carbocycles. The molecule has 3 aromatic heterocycles. The van der Waals surface area contributed by atoms with E-state index in [1.165, 1.54) is 6.07 Å². The Balaban J connectivity index is 0.993. The maximum absolute atomic E-state index is 15.1. The van der Waals surface area contributed by atoms with Gasteiger partial charge in [-0.1, -0.05) is 12.1 Å². The number of piperidine rings is 3. The predicted molar refractivity (Wildman–Crippen MR) is 194 cm³/mol.